The summed E-state index contributed by atoms with van der Waals surface area (Å²) >= 11 is 0. The molecule has 0 aliphatic carbocycles. The highest BCUT2D eigenvalue weighted by Crippen LogP contribution is 2.36. The molecular formula is C10H11NO. The lowest BCUT2D eigenvalue weighted by Gasteiger charge is -2.21. The van der Waals surface area contributed by atoms with E-state index in [1.807, 2.05) is 6.07 Å². The van der Waals surface area contributed by atoms with Crippen molar-refractivity contribution in [3.8, 4) is 0 Å². The van der Waals surface area contributed by atoms with Crippen molar-refractivity contribution < 1.29 is 4.79 Å². The van der Waals surface area contributed by atoms with E-state index < -0.39 is 0 Å². The molecule has 62 valence electrons. The van der Waals surface area contributed by atoms with Crippen molar-refractivity contribution in [2.45, 2.75) is 31.7 Å². The van der Waals surface area contributed by atoms with Crippen molar-refractivity contribution in [2.24, 2.45) is 0 Å². The molecule has 0 aromatic carbocycles. The molecule has 2 nitrogen and oxygen atoms in total. The van der Waals surface area contributed by atoms with E-state index in [1.165, 1.54) is 18.5 Å². The topological polar surface area (TPSA) is 22.0 Å². The van der Waals surface area contributed by atoms with Crippen molar-refractivity contribution in [3.63, 3.8) is 0 Å². The Hall–Kier alpha value is -1.05. The van der Waals surface area contributed by atoms with Crippen LogP contribution in [0.25, 0.3) is 0 Å². The van der Waals surface area contributed by atoms with Crippen molar-refractivity contribution in [1.29, 1.82) is 0 Å². The predicted molar refractivity (Wildman–Crippen MR) is 45.4 cm³/mol. The molecule has 1 aromatic heterocycles. The van der Waals surface area contributed by atoms with Gasteiger partial charge in [0.05, 0.1) is 5.69 Å². The normalized spacial score (nSPS) is 26.0. The molecule has 0 bridgehead atoms. The summed E-state index contributed by atoms with van der Waals surface area (Å²) in [5, 5.41) is 0. The zero-order valence-corrected chi connectivity index (χ0v) is 6.92. The van der Waals surface area contributed by atoms with Gasteiger partial charge >= 0.3 is 0 Å². The molecule has 0 radical (unpaired) electrons. The van der Waals surface area contributed by atoms with E-state index in [4.69, 9.17) is 0 Å². The Kier molecular flexibility index (Phi) is 1.08. The molecule has 0 amide bonds. The fraction of sp³-hybridized carbons (Fsp3) is 0.500. The molecule has 2 heteroatoms. The second-order valence-electron chi connectivity index (χ2n) is 3.75. The van der Waals surface area contributed by atoms with Gasteiger partial charge in [-0.3, -0.25) is 4.79 Å². The molecule has 1 atom stereocenters. The van der Waals surface area contributed by atoms with E-state index >= 15 is 0 Å². The molecule has 0 spiro atoms. The molecule has 0 unspecified atom stereocenters. The Labute approximate surface area is 71.2 Å². The van der Waals surface area contributed by atoms with E-state index in [2.05, 4.69) is 10.6 Å². The van der Waals surface area contributed by atoms with Gasteiger partial charge in [0, 0.05) is 18.2 Å². The second kappa shape index (κ2) is 2.00. The number of rotatable bonds is 0. The Morgan fingerprint density at radius 1 is 1.42 bits per heavy atom. The summed E-state index contributed by atoms with van der Waals surface area (Å²) in [5.41, 5.74) is 2.32. The first-order valence-electron chi connectivity index (χ1n) is 4.59. The molecule has 2 aliphatic heterocycles. The van der Waals surface area contributed by atoms with E-state index in [-0.39, 0.29) is 0 Å². The monoisotopic (exact) mass is 161 g/mol. The fourth-order valence-electron chi connectivity index (χ4n) is 2.51. The first-order valence-corrected chi connectivity index (χ1v) is 4.59. The first kappa shape index (κ1) is 6.46. The minimum absolute atomic E-state index is 0.341. The third-order valence-electron chi connectivity index (χ3n) is 3.04. The van der Waals surface area contributed by atoms with Gasteiger partial charge in [0.25, 0.3) is 0 Å². The number of hydrogen-bond donors (Lipinski definition) is 0. The van der Waals surface area contributed by atoms with Gasteiger partial charge < -0.3 is 4.57 Å². The average Bonchev–Trinajstić information content (AvgIpc) is 2.60. The van der Waals surface area contributed by atoms with Crippen LogP contribution < -0.4 is 0 Å². The van der Waals surface area contributed by atoms with Gasteiger partial charge in [0.1, 0.15) is 0 Å². The number of ketones is 1. The number of aryl methyl sites for hydroxylation is 1. The van der Waals surface area contributed by atoms with Crippen LogP contribution in [-0.4, -0.2) is 10.4 Å². The van der Waals surface area contributed by atoms with E-state index in [9.17, 15) is 4.79 Å². The Morgan fingerprint density at radius 3 is 3.25 bits per heavy atom. The molecule has 0 saturated carbocycles. The lowest BCUT2D eigenvalue weighted by atomic mass is 10.0. The minimum Gasteiger partial charge on any atom is -0.339 e. The summed E-state index contributed by atoms with van der Waals surface area (Å²) in [6, 6.07) is 4.60. The van der Waals surface area contributed by atoms with Crippen LogP contribution >= 0.6 is 0 Å². The Morgan fingerprint density at radius 2 is 2.33 bits per heavy atom. The molecule has 0 N–H and O–H groups in total. The highest BCUT2D eigenvalue weighted by molar-refractivity contribution is 5.97. The third-order valence-corrected chi connectivity index (χ3v) is 3.04. The molecule has 3 heterocycles. The van der Waals surface area contributed by atoms with Crippen LogP contribution in [0.1, 0.15) is 41.5 Å². The summed E-state index contributed by atoms with van der Waals surface area (Å²) in [6.45, 7) is 0. The Bertz CT molecular complexity index is 351. The van der Waals surface area contributed by atoms with Gasteiger partial charge in [-0.1, -0.05) is 0 Å². The maximum absolute atomic E-state index is 11.5. The summed E-state index contributed by atoms with van der Waals surface area (Å²) in [5.74, 6) is 0.341. The number of aromatic nitrogens is 1. The van der Waals surface area contributed by atoms with Gasteiger partial charge in [-0.05, 0) is 31.4 Å². The summed E-state index contributed by atoms with van der Waals surface area (Å²) in [7, 11) is 0. The lowest BCUT2D eigenvalue weighted by Crippen LogP contribution is -2.13. The van der Waals surface area contributed by atoms with Crippen molar-refractivity contribution in [2.75, 3.05) is 0 Å². The summed E-state index contributed by atoms with van der Waals surface area (Å²) in [6.07, 6.45) is 4.36. The molecule has 2 aliphatic rings. The van der Waals surface area contributed by atoms with Crippen LogP contribution in [0.15, 0.2) is 12.1 Å². The smallest absolute Gasteiger partial charge is 0.181 e. The number of carbonyl (C=O) groups is 1. The maximum Gasteiger partial charge on any atom is 0.181 e. The van der Waals surface area contributed by atoms with Crippen LogP contribution in [0.4, 0.5) is 0 Å². The highest BCUT2D eigenvalue weighted by atomic mass is 16.1. The number of carbonyl (C=O) groups excluding carboxylic acids is 1. The van der Waals surface area contributed by atoms with Crippen molar-refractivity contribution >= 4 is 5.78 Å². The van der Waals surface area contributed by atoms with Crippen molar-refractivity contribution in [3.05, 3.63) is 23.5 Å². The predicted octanol–water partition coefficient (Wildman–Crippen LogP) is 1.95. The highest BCUT2D eigenvalue weighted by Gasteiger charge is 2.32. The van der Waals surface area contributed by atoms with Crippen LogP contribution in [0, 0.1) is 0 Å². The SMILES string of the molecule is O=C1C[C@@H]2CCCc3ccc1n32. The molecule has 3 rings (SSSR count). The lowest BCUT2D eigenvalue weighted by molar-refractivity contribution is 0.0987. The van der Waals surface area contributed by atoms with E-state index in [0.29, 0.717) is 11.8 Å². The zero-order chi connectivity index (χ0) is 8.13. The molecule has 1 aromatic rings. The van der Waals surface area contributed by atoms with Gasteiger partial charge in [0.15, 0.2) is 5.78 Å². The average molecular weight is 161 g/mol. The quantitative estimate of drug-likeness (QED) is 0.570. The number of Topliss-reactive ketones (excluding diaryl/α,β-unsaturated/α-hetero) is 1. The van der Waals surface area contributed by atoms with E-state index in [0.717, 1.165) is 18.5 Å². The van der Waals surface area contributed by atoms with E-state index in [1.54, 1.807) is 0 Å². The zero-order valence-electron chi connectivity index (χ0n) is 6.92. The standard InChI is InChI=1S/C10H11NO/c12-10-6-8-3-1-2-7-4-5-9(10)11(7)8/h4-5,8H,1-3,6H2/t8-/m0/s1. The largest absolute Gasteiger partial charge is 0.339 e. The third kappa shape index (κ3) is 0.631. The van der Waals surface area contributed by atoms with Crippen LogP contribution in [0.2, 0.25) is 0 Å². The van der Waals surface area contributed by atoms with Crippen LogP contribution in [-0.2, 0) is 6.42 Å². The van der Waals surface area contributed by atoms with Gasteiger partial charge in [-0.2, -0.15) is 0 Å². The minimum atomic E-state index is 0.341. The Balaban J connectivity index is 2.25. The van der Waals surface area contributed by atoms with Crippen molar-refractivity contribution in [1.82, 2.24) is 4.57 Å². The van der Waals surface area contributed by atoms with Crippen LogP contribution in [0.5, 0.6) is 0 Å². The maximum atomic E-state index is 11.5. The molecule has 0 saturated heterocycles. The fourth-order valence-corrected chi connectivity index (χ4v) is 2.51. The molecule has 0 fully saturated rings. The first-order chi connectivity index (χ1) is 5.86. The van der Waals surface area contributed by atoms with Crippen LogP contribution in [0.3, 0.4) is 0 Å². The van der Waals surface area contributed by atoms with Gasteiger partial charge in [0.2, 0.25) is 0 Å². The van der Waals surface area contributed by atoms with Gasteiger partial charge in [-0.15, -0.1) is 0 Å². The summed E-state index contributed by atoms with van der Waals surface area (Å²) < 4.78 is 2.26. The second-order valence-corrected chi connectivity index (χ2v) is 3.75. The summed E-state index contributed by atoms with van der Waals surface area (Å²) in [4.78, 5) is 11.5. The number of nitrogens with zero attached hydrogens (tertiary/aromatic N) is 1. The number of hydrogen-bond acceptors (Lipinski definition) is 1. The van der Waals surface area contributed by atoms with Gasteiger partial charge in [-0.25, -0.2) is 0 Å². The molecule has 12 heavy (non-hydrogen) atoms. The molecular weight excluding hydrogens is 150 g/mol.